The van der Waals surface area contributed by atoms with E-state index in [1.54, 1.807) is 50.3 Å². The molecule has 0 amide bonds. The van der Waals surface area contributed by atoms with E-state index in [2.05, 4.69) is 9.80 Å². The maximum absolute atomic E-state index is 14.0. The second-order valence-corrected chi connectivity index (χ2v) is 21.0. The summed E-state index contributed by atoms with van der Waals surface area (Å²) in [6, 6.07) is 7.21. The van der Waals surface area contributed by atoms with Crippen LogP contribution in [0.4, 0.5) is 0 Å². The van der Waals surface area contributed by atoms with Crippen LogP contribution >= 0.6 is 0 Å². The number of nitrogens with zero attached hydrogens (tertiary/aromatic N) is 2. The Bertz CT molecular complexity index is 2280. The summed E-state index contributed by atoms with van der Waals surface area (Å²) in [5.41, 5.74) is -1.53. The van der Waals surface area contributed by atoms with E-state index >= 15 is 0 Å². The third-order valence-corrected chi connectivity index (χ3v) is 17.6. The second kappa shape index (κ2) is 13.1. The molecule has 10 aliphatic rings. The molecule has 4 aliphatic heterocycles. The quantitative estimate of drug-likeness (QED) is 0.154. The number of hydrogen-bond donors (Lipinski definition) is 4. The molecule has 10 unspecified atom stereocenters. The fourth-order valence-corrected chi connectivity index (χ4v) is 13.9. The van der Waals surface area contributed by atoms with E-state index in [1.807, 2.05) is 12.1 Å². The summed E-state index contributed by atoms with van der Waals surface area (Å²) in [5, 5.41) is 47.9. The van der Waals surface area contributed by atoms with Gasteiger partial charge in [-0.1, -0.05) is 49.3 Å². The summed E-state index contributed by atoms with van der Waals surface area (Å²) in [6.45, 7) is 6.98. The van der Waals surface area contributed by atoms with Crippen molar-refractivity contribution in [2.45, 2.75) is 149 Å². The number of esters is 2. The van der Waals surface area contributed by atoms with Gasteiger partial charge in [-0.3, -0.25) is 19.4 Å². The topological polar surface area (TPSA) is 158 Å². The first kappa shape index (κ1) is 38.9. The fourth-order valence-electron chi connectivity index (χ4n) is 13.9. The van der Waals surface area contributed by atoms with Gasteiger partial charge in [0.05, 0.1) is 16.2 Å². The molecule has 2 aromatic rings. The highest BCUT2D eigenvalue weighted by Gasteiger charge is 2.73. The van der Waals surface area contributed by atoms with Crippen LogP contribution < -0.4 is 18.9 Å². The smallest absolute Gasteiger partial charge is 0.317 e. The molecule has 4 heterocycles. The van der Waals surface area contributed by atoms with Gasteiger partial charge in [0, 0.05) is 42.7 Å². The lowest BCUT2D eigenvalue weighted by Gasteiger charge is -2.62. The summed E-state index contributed by atoms with van der Waals surface area (Å²) in [4.78, 5) is 32.6. The minimum absolute atomic E-state index is 0.0815. The van der Waals surface area contributed by atoms with Crippen molar-refractivity contribution in [1.29, 1.82) is 0 Å². The molecule has 2 aromatic carbocycles. The van der Waals surface area contributed by atoms with Crippen LogP contribution in [0.15, 0.2) is 48.6 Å². The van der Waals surface area contributed by atoms with Crippen LogP contribution in [0.3, 0.4) is 0 Å². The van der Waals surface area contributed by atoms with Crippen LogP contribution in [0.5, 0.6) is 23.0 Å². The predicted molar refractivity (Wildman–Crippen MR) is 222 cm³/mol. The van der Waals surface area contributed by atoms with Gasteiger partial charge in [-0.25, -0.2) is 0 Å². The molecule has 2 saturated carbocycles. The molecule has 4 N–H and O–H groups in total. The Balaban J connectivity index is 0.764. The number of piperidine rings is 2. The minimum Gasteiger partial charge on any atom is -0.482 e. The van der Waals surface area contributed by atoms with Gasteiger partial charge in [-0.05, 0) is 120 Å². The van der Waals surface area contributed by atoms with Crippen molar-refractivity contribution >= 4 is 11.9 Å². The van der Waals surface area contributed by atoms with E-state index in [1.165, 1.54) is 38.5 Å². The van der Waals surface area contributed by atoms with Crippen molar-refractivity contribution < 1.29 is 49.0 Å². The number of benzene rings is 2. The summed E-state index contributed by atoms with van der Waals surface area (Å²) < 4.78 is 25.3. The molecule has 12 nitrogen and oxygen atoms in total. The lowest BCUT2D eigenvalue weighted by Crippen LogP contribution is -2.75. The van der Waals surface area contributed by atoms with Crippen LogP contribution in [0.1, 0.15) is 100 Å². The van der Waals surface area contributed by atoms with E-state index in [-0.39, 0.29) is 36.4 Å². The fraction of sp³-hybridized carbons (Fsp3) is 0.633. The lowest BCUT2D eigenvalue weighted by molar-refractivity contribution is -0.159. The number of aliphatic hydroxyl groups is 4. The Labute approximate surface area is 356 Å². The molecular formula is C49H58N2O10. The van der Waals surface area contributed by atoms with Gasteiger partial charge in [0.15, 0.2) is 23.0 Å². The molecule has 6 aliphatic carbocycles. The highest BCUT2D eigenvalue weighted by Crippen LogP contribution is 2.66. The Morgan fingerprint density at radius 2 is 1.21 bits per heavy atom. The van der Waals surface area contributed by atoms with Crippen molar-refractivity contribution in [1.82, 2.24) is 9.80 Å². The van der Waals surface area contributed by atoms with Crippen LogP contribution in [0.25, 0.3) is 0 Å². The van der Waals surface area contributed by atoms with Gasteiger partial charge in [0.2, 0.25) is 0 Å². The molecule has 12 heteroatoms. The third-order valence-electron chi connectivity index (χ3n) is 17.6. The van der Waals surface area contributed by atoms with E-state index in [9.17, 15) is 30.0 Å². The SMILES string of the molecule is CC(C)(CCC(=O)Oc1ccc2c3c1OC1C(O)C=CC4(O)C(C2)N(CC2CCC2)CCC314)C(=O)Oc1ccc2c3c1OC1C(O)C=CC4(O)C(C2)N(CC2CCC2)CCC314. The highest BCUT2D eigenvalue weighted by atomic mass is 16.6. The van der Waals surface area contributed by atoms with E-state index < -0.39 is 63.8 Å². The van der Waals surface area contributed by atoms with Crippen molar-refractivity contribution in [2.24, 2.45) is 17.3 Å². The molecule has 10 atom stereocenters. The first-order valence-electron chi connectivity index (χ1n) is 23.0. The van der Waals surface area contributed by atoms with Crippen LogP contribution in [0.2, 0.25) is 0 Å². The number of carbonyl (C=O) groups excluding carboxylic acids is 2. The molecule has 61 heavy (non-hydrogen) atoms. The van der Waals surface area contributed by atoms with Gasteiger partial charge in [-0.15, -0.1) is 0 Å². The highest BCUT2D eigenvalue weighted by molar-refractivity contribution is 5.81. The number of aliphatic hydroxyl groups excluding tert-OH is 2. The van der Waals surface area contributed by atoms with Crippen molar-refractivity contribution in [3.8, 4) is 23.0 Å². The summed E-state index contributed by atoms with van der Waals surface area (Å²) in [5.74, 6) is 1.54. The molecule has 0 radical (unpaired) electrons. The zero-order valence-electron chi connectivity index (χ0n) is 35.2. The van der Waals surface area contributed by atoms with Crippen LogP contribution in [-0.2, 0) is 33.3 Å². The summed E-state index contributed by atoms with van der Waals surface area (Å²) >= 11 is 0. The summed E-state index contributed by atoms with van der Waals surface area (Å²) in [6.07, 6.45) is 13.6. The molecule has 2 saturated heterocycles. The number of rotatable bonds is 10. The minimum atomic E-state index is -1.24. The van der Waals surface area contributed by atoms with E-state index in [4.69, 9.17) is 18.9 Å². The van der Waals surface area contributed by atoms with E-state index in [0.717, 1.165) is 48.4 Å². The normalized spacial score (nSPS) is 38.7. The van der Waals surface area contributed by atoms with E-state index in [0.29, 0.717) is 49.0 Å². The molecule has 4 bridgehead atoms. The van der Waals surface area contributed by atoms with Gasteiger partial charge < -0.3 is 39.4 Å². The first-order chi connectivity index (χ1) is 29.3. The number of likely N-dealkylation sites (tertiary alicyclic amines) is 2. The van der Waals surface area contributed by atoms with Crippen molar-refractivity contribution in [3.63, 3.8) is 0 Å². The van der Waals surface area contributed by atoms with Gasteiger partial charge >= 0.3 is 11.9 Å². The van der Waals surface area contributed by atoms with Crippen molar-refractivity contribution in [2.75, 3.05) is 26.2 Å². The maximum Gasteiger partial charge on any atom is 0.317 e. The predicted octanol–water partition coefficient (Wildman–Crippen LogP) is 4.19. The maximum atomic E-state index is 14.0. The van der Waals surface area contributed by atoms with Crippen molar-refractivity contribution in [3.05, 3.63) is 70.8 Å². The van der Waals surface area contributed by atoms with Gasteiger partial charge in [0.1, 0.15) is 35.6 Å². The molecule has 324 valence electrons. The zero-order valence-corrected chi connectivity index (χ0v) is 35.2. The lowest BCUT2D eigenvalue weighted by atomic mass is 9.50. The third kappa shape index (κ3) is 5.09. The average Bonchev–Trinajstić information content (AvgIpc) is 3.74. The zero-order chi connectivity index (χ0) is 41.8. The summed E-state index contributed by atoms with van der Waals surface area (Å²) in [7, 11) is 0. The Kier molecular flexibility index (Phi) is 8.37. The standard InChI is InChI=1S/C49H58N2O10/c1-45(2,44(55)59-34-12-10-30-24-36-49(57)18-14-32(53)43-47(49,39(30)41(34)61-43)20-22-51(36)26-28-7-4-8-28)16-15-37(54)58-33-11-9-29-23-35-48(56)17-13-31(52)42-46(48,38(29)40(33)60-42)19-21-50(35)25-27-5-3-6-27/h9-14,17-18,27-28,31-32,35-36,42-43,52-53,56-57H,3-8,15-16,19-26H2,1-2H3. The Hall–Kier alpha value is -3.78. The number of carbonyl (C=O) groups is 2. The Morgan fingerprint density at radius 3 is 1.67 bits per heavy atom. The van der Waals surface area contributed by atoms with Gasteiger partial charge in [0.25, 0.3) is 0 Å². The number of hydrogen-bond acceptors (Lipinski definition) is 12. The molecular weight excluding hydrogens is 777 g/mol. The van der Waals surface area contributed by atoms with Gasteiger partial charge in [-0.2, -0.15) is 0 Å². The molecule has 0 aromatic heterocycles. The molecule has 12 rings (SSSR count). The molecule has 4 fully saturated rings. The van der Waals surface area contributed by atoms with Crippen LogP contribution in [-0.4, -0.2) is 116 Å². The Morgan fingerprint density at radius 1 is 0.738 bits per heavy atom. The monoisotopic (exact) mass is 834 g/mol. The second-order valence-electron chi connectivity index (χ2n) is 21.0. The van der Waals surface area contributed by atoms with Crippen LogP contribution in [0, 0.1) is 17.3 Å². The average molecular weight is 835 g/mol. The largest absolute Gasteiger partial charge is 0.482 e. The molecule has 2 spiro atoms. The first-order valence-corrected chi connectivity index (χ1v) is 23.0. The number of ether oxygens (including phenoxy) is 4.